The topological polar surface area (TPSA) is 101 Å². The van der Waals surface area contributed by atoms with Crippen molar-refractivity contribution < 1.29 is 19.4 Å². The third-order valence-electron chi connectivity index (χ3n) is 5.22. The Morgan fingerprint density at radius 1 is 0.914 bits per heavy atom. The Kier molecular flexibility index (Phi) is 7.60. The van der Waals surface area contributed by atoms with E-state index < -0.39 is 12.2 Å². The van der Waals surface area contributed by atoms with Gasteiger partial charge in [-0.3, -0.25) is 9.78 Å². The lowest BCUT2D eigenvalue weighted by molar-refractivity contribution is 0.102. The average molecular weight is 488 g/mol. The van der Waals surface area contributed by atoms with Gasteiger partial charge in [0.25, 0.3) is 5.91 Å². The van der Waals surface area contributed by atoms with Crippen LogP contribution in [0.25, 0.3) is 0 Å². The van der Waals surface area contributed by atoms with Crippen LogP contribution >= 0.6 is 11.6 Å². The fourth-order valence-electron chi connectivity index (χ4n) is 3.40. The maximum absolute atomic E-state index is 12.6. The first-order valence-electron chi connectivity index (χ1n) is 10.8. The second-order valence-electron chi connectivity index (χ2n) is 7.61. The van der Waals surface area contributed by atoms with Crippen LogP contribution in [-0.2, 0) is 11.3 Å². The summed E-state index contributed by atoms with van der Waals surface area (Å²) in [4.78, 5) is 29.2. The highest BCUT2D eigenvalue weighted by Gasteiger charge is 2.20. The second kappa shape index (κ2) is 11.2. The highest BCUT2D eigenvalue weighted by molar-refractivity contribution is 6.31. The maximum atomic E-state index is 12.6. The van der Waals surface area contributed by atoms with Crippen LogP contribution in [0.15, 0.2) is 97.3 Å². The van der Waals surface area contributed by atoms with E-state index in [1.54, 1.807) is 60.9 Å². The third kappa shape index (κ3) is 6.16. The Morgan fingerprint density at radius 3 is 2.31 bits per heavy atom. The molecule has 0 saturated heterocycles. The van der Waals surface area contributed by atoms with Crippen molar-refractivity contribution in [2.75, 3.05) is 5.32 Å². The summed E-state index contributed by atoms with van der Waals surface area (Å²) in [6.45, 7) is 0.165. The number of nitrogens with zero attached hydrogens (tertiary/aromatic N) is 1. The van der Waals surface area contributed by atoms with Crippen LogP contribution in [0, 0.1) is 0 Å². The number of phenolic OH excluding ortho intramolecular Hbond substituents is 1. The van der Waals surface area contributed by atoms with Crippen molar-refractivity contribution in [1.29, 1.82) is 0 Å². The summed E-state index contributed by atoms with van der Waals surface area (Å²) in [6.07, 6.45) is 1.83. The van der Waals surface area contributed by atoms with Crippen molar-refractivity contribution in [2.24, 2.45) is 0 Å². The third-order valence-corrected chi connectivity index (χ3v) is 5.59. The number of ether oxygens (including phenoxy) is 1. The van der Waals surface area contributed by atoms with E-state index in [0.29, 0.717) is 27.4 Å². The van der Waals surface area contributed by atoms with Crippen molar-refractivity contribution >= 4 is 29.3 Å². The minimum atomic E-state index is -0.698. The predicted octanol–water partition coefficient (Wildman–Crippen LogP) is 5.71. The van der Waals surface area contributed by atoms with E-state index >= 15 is 0 Å². The highest BCUT2D eigenvalue weighted by Crippen LogP contribution is 2.27. The summed E-state index contributed by atoms with van der Waals surface area (Å²) in [7, 11) is 0. The number of para-hydroxylation sites is 2. The lowest BCUT2D eigenvalue weighted by Crippen LogP contribution is -2.26. The van der Waals surface area contributed by atoms with E-state index in [1.807, 2.05) is 30.3 Å². The molecule has 0 bridgehead atoms. The summed E-state index contributed by atoms with van der Waals surface area (Å²) in [5.41, 5.74) is 2.83. The summed E-state index contributed by atoms with van der Waals surface area (Å²) < 4.78 is 5.75. The Hall–Kier alpha value is -4.36. The summed E-state index contributed by atoms with van der Waals surface area (Å²) >= 11 is 6.13. The first-order valence-corrected chi connectivity index (χ1v) is 11.2. The van der Waals surface area contributed by atoms with Crippen molar-refractivity contribution in [3.63, 3.8) is 0 Å². The average Bonchev–Trinajstić information content (AvgIpc) is 2.89. The summed E-state index contributed by atoms with van der Waals surface area (Å²) in [5.74, 6) is -0.394. The molecule has 4 aromatic rings. The van der Waals surface area contributed by atoms with E-state index in [0.717, 1.165) is 5.56 Å². The van der Waals surface area contributed by atoms with Crippen LogP contribution in [0.2, 0.25) is 5.02 Å². The number of benzene rings is 3. The number of amides is 2. The molecule has 176 valence electrons. The number of carbonyl (C=O) groups excluding carboxylic acids is 2. The highest BCUT2D eigenvalue weighted by atomic mass is 35.5. The first kappa shape index (κ1) is 23.8. The molecule has 3 N–H and O–H groups in total. The van der Waals surface area contributed by atoms with Gasteiger partial charge >= 0.3 is 6.09 Å². The van der Waals surface area contributed by atoms with E-state index in [2.05, 4.69) is 15.6 Å². The molecule has 1 heterocycles. The van der Waals surface area contributed by atoms with Crippen LogP contribution in [0.4, 0.5) is 10.5 Å². The molecule has 4 rings (SSSR count). The molecule has 0 aliphatic heterocycles. The van der Waals surface area contributed by atoms with Gasteiger partial charge < -0.3 is 20.5 Å². The van der Waals surface area contributed by atoms with Gasteiger partial charge in [-0.25, -0.2) is 4.79 Å². The number of halogens is 1. The van der Waals surface area contributed by atoms with Gasteiger partial charge in [0, 0.05) is 35.1 Å². The lowest BCUT2D eigenvalue weighted by Gasteiger charge is -2.19. The van der Waals surface area contributed by atoms with Gasteiger partial charge in [-0.1, -0.05) is 66.2 Å². The molecule has 0 unspecified atom stereocenters. The maximum Gasteiger partial charge on any atom is 0.408 e. The molecule has 0 spiro atoms. The van der Waals surface area contributed by atoms with E-state index in [1.165, 1.54) is 6.07 Å². The molecule has 0 saturated carbocycles. The number of hydrogen-bond donors (Lipinski definition) is 3. The van der Waals surface area contributed by atoms with Gasteiger partial charge in [-0.05, 0) is 41.5 Å². The van der Waals surface area contributed by atoms with Gasteiger partial charge in [0.1, 0.15) is 5.75 Å². The molecule has 3 aromatic carbocycles. The van der Waals surface area contributed by atoms with Gasteiger partial charge in [-0.15, -0.1) is 0 Å². The number of aromatic nitrogens is 1. The first-order chi connectivity index (χ1) is 17.0. The number of rotatable bonds is 7. The van der Waals surface area contributed by atoms with Crippen LogP contribution < -0.4 is 10.6 Å². The molecular weight excluding hydrogens is 466 g/mol. The number of hydrogen-bond acceptors (Lipinski definition) is 5. The molecule has 0 aliphatic carbocycles. The van der Waals surface area contributed by atoms with Crippen molar-refractivity contribution in [2.45, 2.75) is 12.6 Å². The van der Waals surface area contributed by atoms with Crippen LogP contribution in [0.5, 0.6) is 5.75 Å². The monoisotopic (exact) mass is 487 g/mol. The minimum absolute atomic E-state index is 0.0198. The van der Waals surface area contributed by atoms with E-state index in [4.69, 9.17) is 16.3 Å². The zero-order valence-electron chi connectivity index (χ0n) is 18.5. The predicted molar refractivity (Wildman–Crippen MR) is 133 cm³/mol. The Morgan fingerprint density at radius 2 is 1.60 bits per heavy atom. The van der Waals surface area contributed by atoms with E-state index in [9.17, 15) is 14.7 Å². The number of phenols is 1. The number of anilines is 1. The van der Waals surface area contributed by atoms with Gasteiger partial charge in [0.15, 0.2) is 6.10 Å². The summed E-state index contributed by atoms with van der Waals surface area (Å²) in [5, 5.41) is 15.8. The van der Waals surface area contributed by atoms with Crippen molar-refractivity contribution in [3.8, 4) is 5.75 Å². The fourth-order valence-corrected chi connectivity index (χ4v) is 3.57. The SMILES string of the molecule is O=C(NCc1cnccc1Cl)O[C@@H](c1ccccc1)c1ccc(C(=O)Nc2ccccc2O)cc1. The molecule has 1 atom stereocenters. The quantitative estimate of drug-likeness (QED) is 0.290. The molecule has 0 aliphatic rings. The zero-order valence-corrected chi connectivity index (χ0v) is 19.3. The van der Waals surface area contributed by atoms with E-state index in [-0.39, 0.29) is 18.2 Å². The molecule has 7 nitrogen and oxygen atoms in total. The summed E-state index contributed by atoms with van der Waals surface area (Å²) in [6, 6.07) is 24.2. The normalized spacial score (nSPS) is 11.3. The Labute approximate surface area is 207 Å². The number of aromatic hydroxyl groups is 1. The minimum Gasteiger partial charge on any atom is -0.506 e. The fraction of sp³-hybridized carbons (Fsp3) is 0.0741. The number of pyridine rings is 1. The molecular formula is C27H22ClN3O4. The Bertz CT molecular complexity index is 1310. The molecule has 2 amide bonds. The molecule has 0 fully saturated rings. The number of alkyl carbamates (subject to hydrolysis) is 1. The zero-order chi connectivity index (χ0) is 24.6. The second-order valence-corrected chi connectivity index (χ2v) is 8.02. The smallest absolute Gasteiger partial charge is 0.408 e. The lowest BCUT2D eigenvalue weighted by atomic mass is 10.00. The van der Waals surface area contributed by atoms with Crippen LogP contribution in [0.1, 0.15) is 33.2 Å². The van der Waals surface area contributed by atoms with Gasteiger partial charge in [0.2, 0.25) is 0 Å². The molecule has 8 heteroatoms. The number of carbonyl (C=O) groups is 2. The number of nitrogens with one attached hydrogen (secondary N) is 2. The molecule has 1 aromatic heterocycles. The van der Waals surface area contributed by atoms with Crippen molar-refractivity contribution in [1.82, 2.24) is 10.3 Å². The largest absolute Gasteiger partial charge is 0.506 e. The Balaban J connectivity index is 1.49. The molecule has 35 heavy (non-hydrogen) atoms. The molecule has 0 radical (unpaired) electrons. The van der Waals surface area contributed by atoms with Crippen molar-refractivity contribution in [3.05, 3.63) is 125 Å². The van der Waals surface area contributed by atoms with Gasteiger partial charge in [-0.2, -0.15) is 0 Å². The van der Waals surface area contributed by atoms with Gasteiger partial charge in [0.05, 0.1) is 5.69 Å². The van der Waals surface area contributed by atoms with Crippen LogP contribution in [0.3, 0.4) is 0 Å². The standard InChI is InChI=1S/C27H22ClN3O4/c28-22-14-15-29-16-21(22)17-30-27(34)35-25(18-6-2-1-3-7-18)19-10-12-20(13-11-19)26(33)31-23-8-4-5-9-24(23)32/h1-16,25,32H,17H2,(H,30,34)(H,31,33)/t25-/m0/s1. The van der Waals surface area contributed by atoms with Crippen LogP contribution in [-0.4, -0.2) is 22.1 Å².